The van der Waals surface area contributed by atoms with E-state index in [0.717, 1.165) is 37.9 Å². The van der Waals surface area contributed by atoms with Gasteiger partial charge in [0, 0.05) is 41.7 Å². The van der Waals surface area contributed by atoms with Gasteiger partial charge in [0.15, 0.2) is 5.65 Å². The fraction of sp³-hybridized carbons (Fsp3) is 0.636. The van der Waals surface area contributed by atoms with Crippen LogP contribution in [0.4, 0.5) is 0 Å². The number of hydrogen-bond acceptors (Lipinski definition) is 4. The highest BCUT2D eigenvalue weighted by molar-refractivity contribution is 5.82. The van der Waals surface area contributed by atoms with Gasteiger partial charge >= 0.3 is 0 Å². The zero-order valence-corrected chi connectivity index (χ0v) is 18.2. The summed E-state index contributed by atoms with van der Waals surface area (Å²) in [6, 6.07) is 2.11. The highest BCUT2D eigenvalue weighted by atomic mass is 16.2. The van der Waals surface area contributed by atoms with Gasteiger partial charge in [-0.2, -0.15) is 0 Å². The molecule has 1 unspecified atom stereocenters. The predicted molar refractivity (Wildman–Crippen MR) is 113 cm³/mol. The minimum atomic E-state index is -0.450. The fourth-order valence-corrected chi connectivity index (χ4v) is 4.18. The van der Waals surface area contributed by atoms with Crippen LogP contribution in [0.1, 0.15) is 75.9 Å². The molecule has 0 radical (unpaired) electrons. The highest BCUT2D eigenvalue weighted by Crippen LogP contribution is 2.34. The lowest BCUT2D eigenvalue weighted by atomic mass is 9.94. The molecule has 0 spiro atoms. The van der Waals surface area contributed by atoms with Crippen molar-refractivity contribution in [2.75, 3.05) is 6.54 Å². The molecule has 1 aliphatic heterocycles. The third kappa shape index (κ3) is 4.00. The summed E-state index contributed by atoms with van der Waals surface area (Å²) in [4.78, 5) is 44.5. The Labute approximate surface area is 176 Å². The first-order valence-electron chi connectivity index (χ1n) is 10.9. The summed E-state index contributed by atoms with van der Waals surface area (Å²) >= 11 is 0. The van der Waals surface area contributed by atoms with Gasteiger partial charge in [0.2, 0.25) is 11.8 Å². The smallest absolute Gasteiger partial charge is 0.276 e. The standard InChI is InChI=1S/C22H31N5O3/c1-13-15(9-10-19(28)24-14-7-8-14)20(29)27-18(23-13)12-16(25-27)17-6-5-11-26(17)21(30)22(2,3)4/h12,14,17,25H,5-11H2,1-4H3,(H,24,28). The molecular weight excluding hydrogens is 382 g/mol. The van der Waals surface area contributed by atoms with Crippen LogP contribution in [0.25, 0.3) is 5.65 Å². The van der Waals surface area contributed by atoms with Gasteiger partial charge in [-0.15, -0.1) is 0 Å². The summed E-state index contributed by atoms with van der Waals surface area (Å²) < 4.78 is 1.45. The molecule has 3 heterocycles. The van der Waals surface area contributed by atoms with Crippen molar-refractivity contribution in [3.63, 3.8) is 0 Å². The van der Waals surface area contributed by atoms with E-state index in [0.29, 0.717) is 29.4 Å². The number of hydrogen-bond donors (Lipinski definition) is 2. The number of nitrogens with zero attached hydrogens (tertiary/aromatic N) is 3. The Balaban J connectivity index is 1.59. The molecule has 2 aromatic rings. The lowest BCUT2D eigenvalue weighted by Crippen LogP contribution is -2.39. The molecule has 1 saturated carbocycles. The maximum absolute atomic E-state index is 13.1. The molecule has 4 rings (SSSR count). The minimum absolute atomic E-state index is 0.0177. The molecule has 0 aromatic carbocycles. The Bertz CT molecular complexity index is 1040. The van der Waals surface area contributed by atoms with E-state index >= 15 is 0 Å². The van der Waals surface area contributed by atoms with Gasteiger partial charge < -0.3 is 10.2 Å². The molecule has 1 saturated heterocycles. The Morgan fingerprint density at radius 2 is 2.00 bits per heavy atom. The molecule has 8 nitrogen and oxygen atoms in total. The molecule has 30 heavy (non-hydrogen) atoms. The average Bonchev–Trinajstić information content (AvgIpc) is 3.17. The molecule has 0 bridgehead atoms. The Hall–Kier alpha value is -2.64. The summed E-state index contributed by atoms with van der Waals surface area (Å²) in [5.74, 6) is 0.0957. The summed E-state index contributed by atoms with van der Waals surface area (Å²) in [7, 11) is 0. The maximum atomic E-state index is 13.1. The first-order chi connectivity index (χ1) is 14.1. The number of carbonyl (C=O) groups is 2. The number of amides is 2. The number of carbonyl (C=O) groups excluding carboxylic acids is 2. The van der Waals surface area contributed by atoms with E-state index in [-0.39, 0.29) is 29.8 Å². The van der Waals surface area contributed by atoms with Crippen LogP contribution in [0.15, 0.2) is 10.9 Å². The molecule has 162 valence electrons. The number of aryl methyl sites for hydroxylation is 1. The third-order valence-electron chi connectivity index (χ3n) is 5.99. The maximum Gasteiger partial charge on any atom is 0.276 e. The van der Waals surface area contributed by atoms with E-state index in [4.69, 9.17) is 0 Å². The average molecular weight is 414 g/mol. The zero-order valence-electron chi connectivity index (χ0n) is 18.2. The number of H-pyrrole nitrogens is 1. The van der Waals surface area contributed by atoms with E-state index in [1.54, 1.807) is 0 Å². The molecule has 2 amide bonds. The van der Waals surface area contributed by atoms with Crippen LogP contribution in [-0.4, -0.2) is 43.9 Å². The molecule has 2 N–H and O–H groups in total. The summed E-state index contributed by atoms with van der Waals surface area (Å²) in [5.41, 5.74) is 1.97. The first-order valence-corrected chi connectivity index (χ1v) is 10.9. The molecule has 2 aliphatic rings. The van der Waals surface area contributed by atoms with E-state index in [1.165, 1.54) is 4.52 Å². The molecular formula is C22H31N5O3. The highest BCUT2D eigenvalue weighted by Gasteiger charge is 2.36. The minimum Gasteiger partial charge on any atom is -0.353 e. The Morgan fingerprint density at radius 1 is 1.27 bits per heavy atom. The molecule has 2 fully saturated rings. The summed E-state index contributed by atoms with van der Waals surface area (Å²) in [6.45, 7) is 8.32. The number of rotatable bonds is 5. The van der Waals surface area contributed by atoms with E-state index in [1.807, 2.05) is 38.7 Å². The van der Waals surface area contributed by atoms with Gasteiger partial charge in [-0.1, -0.05) is 20.8 Å². The second-order valence-electron chi connectivity index (χ2n) is 9.63. The van der Waals surface area contributed by atoms with Crippen molar-refractivity contribution < 1.29 is 9.59 Å². The summed E-state index contributed by atoms with van der Waals surface area (Å²) in [5, 5.41) is 6.14. The SMILES string of the molecule is Cc1nc2cc(C3CCCN3C(=O)C(C)(C)C)[nH]n2c(=O)c1CCC(=O)NC1CC1. The fourth-order valence-electron chi connectivity index (χ4n) is 4.18. The van der Waals surface area contributed by atoms with Crippen molar-refractivity contribution in [1.82, 2.24) is 24.8 Å². The van der Waals surface area contributed by atoms with Gasteiger partial charge in [-0.3, -0.25) is 19.5 Å². The van der Waals surface area contributed by atoms with Crippen LogP contribution >= 0.6 is 0 Å². The zero-order chi connectivity index (χ0) is 21.6. The lowest BCUT2D eigenvalue weighted by molar-refractivity contribution is -0.140. The lowest BCUT2D eigenvalue weighted by Gasteiger charge is -2.30. The molecule has 1 aliphatic carbocycles. The van der Waals surface area contributed by atoms with Gasteiger partial charge in [0.05, 0.1) is 11.7 Å². The van der Waals surface area contributed by atoms with Crippen LogP contribution in [-0.2, 0) is 16.0 Å². The Morgan fingerprint density at radius 3 is 2.67 bits per heavy atom. The van der Waals surface area contributed by atoms with Crippen LogP contribution < -0.4 is 10.9 Å². The third-order valence-corrected chi connectivity index (χ3v) is 5.99. The number of aromatic nitrogens is 3. The number of fused-ring (bicyclic) bond motifs is 1. The van der Waals surface area contributed by atoms with Gasteiger partial charge in [-0.25, -0.2) is 9.50 Å². The molecule has 8 heteroatoms. The van der Waals surface area contributed by atoms with Crippen LogP contribution in [0.2, 0.25) is 0 Å². The Kier molecular flexibility index (Phi) is 5.20. The molecule has 1 atom stereocenters. The van der Waals surface area contributed by atoms with Crippen LogP contribution in [0, 0.1) is 12.3 Å². The van der Waals surface area contributed by atoms with E-state index < -0.39 is 5.41 Å². The topological polar surface area (TPSA) is 99.6 Å². The largest absolute Gasteiger partial charge is 0.353 e. The number of aromatic amines is 1. The monoisotopic (exact) mass is 413 g/mol. The number of likely N-dealkylation sites (tertiary alicyclic amines) is 1. The first kappa shape index (κ1) is 20.6. The predicted octanol–water partition coefficient (Wildman–Crippen LogP) is 2.25. The van der Waals surface area contributed by atoms with E-state index in [2.05, 4.69) is 15.4 Å². The van der Waals surface area contributed by atoms with Crippen molar-refractivity contribution in [2.45, 2.75) is 78.3 Å². The van der Waals surface area contributed by atoms with Gasteiger partial charge in [-0.05, 0) is 39.0 Å². The van der Waals surface area contributed by atoms with Crippen molar-refractivity contribution >= 4 is 17.5 Å². The van der Waals surface area contributed by atoms with Gasteiger partial charge in [0.25, 0.3) is 5.56 Å². The second kappa shape index (κ2) is 7.56. The number of nitrogens with one attached hydrogen (secondary N) is 2. The van der Waals surface area contributed by atoms with Crippen LogP contribution in [0.5, 0.6) is 0 Å². The van der Waals surface area contributed by atoms with Gasteiger partial charge in [0.1, 0.15) is 0 Å². The van der Waals surface area contributed by atoms with Crippen molar-refractivity contribution in [3.8, 4) is 0 Å². The molecule has 2 aromatic heterocycles. The quantitative estimate of drug-likeness (QED) is 0.785. The van der Waals surface area contributed by atoms with E-state index in [9.17, 15) is 14.4 Å². The van der Waals surface area contributed by atoms with Crippen LogP contribution in [0.3, 0.4) is 0 Å². The second-order valence-corrected chi connectivity index (χ2v) is 9.63. The normalized spacial score (nSPS) is 19.5. The summed E-state index contributed by atoms with van der Waals surface area (Å²) in [6.07, 6.45) is 4.53. The van der Waals surface area contributed by atoms with Crippen molar-refractivity contribution in [3.05, 3.63) is 33.4 Å². The van der Waals surface area contributed by atoms with Crippen molar-refractivity contribution in [1.29, 1.82) is 0 Å². The van der Waals surface area contributed by atoms with Crippen molar-refractivity contribution in [2.24, 2.45) is 5.41 Å².